The minimum absolute atomic E-state index is 0.00127. The van der Waals surface area contributed by atoms with Gasteiger partial charge in [0.25, 0.3) is 16.8 Å². The standard InChI is InChI=1S/C26H18Cl2N2O7S/c1-2-36-22-11-15(7-9-21(22)37-25(32)17-4-3-5-18(13-17)30(34)35)12-23-24(31)29(26(33)38-23)14-16-6-8-19(27)20(28)10-16/h3-13H,2,14H2,1H3/b23-12-. The number of amides is 2. The fourth-order valence-electron chi connectivity index (χ4n) is 3.48. The zero-order valence-corrected chi connectivity index (χ0v) is 22.0. The number of nitro benzene ring substituents is 1. The molecule has 0 aromatic heterocycles. The molecule has 12 heteroatoms. The molecule has 4 rings (SSSR count). The maximum Gasteiger partial charge on any atom is 0.343 e. The fourth-order valence-corrected chi connectivity index (χ4v) is 4.64. The Morgan fingerprint density at radius 1 is 1.05 bits per heavy atom. The molecule has 2 amide bonds. The minimum atomic E-state index is -0.800. The molecule has 1 aliphatic rings. The molecule has 0 atom stereocenters. The van der Waals surface area contributed by atoms with Crippen molar-refractivity contribution in [1.29, 1.82) is 0 Å². The molecule has 1 saturated heterocycles. The summed E-state index contributed by atoms with van der Waals surface area (Å²) in [5, 5.41) is 11.3. The molecule has 1 fully saturated rings. The fraction of sp³-hybridized carbons (Fsp3) is 0.115. The first kappa shape index (κ1) is 27.2. The zero-order chi connectivity index (χ0) is 27.4. The third kappa shape index (κ3) is 6.16. The summed E-state index contributed by atoms with van der Waals surface area (Å²) in [5.41, 5.74) is 0.939. The molecule has 0 spiro atoms. The molecular weight excluding hydrogens is 555 g/mol. The van der Waals surface area contributed by atoms with Crippen LogP contribution in [0.15, 0.2) is 65.6 Å². The van der Waals surface area contributed by atoms with E-state index in [0.717, 1.165) is 22.7 Å². The number of nitro groups is 1. The molecule has 0 aliphatic carbocycles. The number of carbonyl (C=O) groups is 3. The molecule has 1 heterocycles. The second-order valence-corrected chi connectivity index (χ2v) is 9.66. The predicted octanol–water partition coefficient (Wildman–Crippen LogP) is 6.76. The Morgan fingerprint density at radius 3 is 2.55 bits per heavy atom. The summed E-state index contributed by atoms with van der Waals surface area (Å²) in [4.78, 5) is 49.8. The highest BCUT2D eigenvalue weighted by atomic mass is 35.5. The van der Waals surface area contributed by atoms with Crippen molar-refractivity contribution in [2.75, 3.05) is 6.61 Å². The molecule has 0 radical (unpaired) electrons. The van der Waals surface area contributed by atoms with Crippen molar-refractivity contribution in [2.24, 2.45) is 0 Å². The molecule has 0 N–H and O–H groups in total. The lowest BCUT2D eigenvalue weighted by molar-refractivity contribution is -0.384. The van der Waals surface area contributed by atoms with Gasteiger partial charge in [0.2, 0.25) is 0 Å². The molecule has 38 heavy (non-hydrogen) atoms. The number of thioether (sulfide) groups is 1. The van der Waals surface area contributed by atoms with E-state index in [-0.39, 0.29) is 40.8 Å². The Kier molecular flexibility index (Phi) is 8.35. The molecule has 0 bridgehead atoms. The molecule has 3 aromatic carbocycles. The highest BCUT2D eigenvalue weighted by molar-refractivity contribution is 8.18. The number of rotatable bonds is 8. The van der Waals surface area contributed by atoms with Crippen LogP contribution in [-0.2, 0) is 11.3 Å². The van der Waals surface area contributed by atoms with Crippen molar-refractivity contribution in [3.63, 3.8) is 0 Å². The van der Waals surface area contributed by atoms with Crippen LogP contribution < -0.4 is 9.47 Å². The first-order chi connectivity index (χ1) is 18.2. The van der Waals surface area contributed by atoms with Crippen LogP contribution >= 0.6 is 35.0 Å². The number of carbonyl (C=O) groups excluding carboxylic acids is 3. The van der Waals surface area contributed by atoms with Crippen molar-refractivity contribution < 1.29 is 28.8 Å². The summed E-state index contributed by atoms with van der Waals surface area (Å²) in [5.74, 6) is -0.959. The number of hydrogen-bond acceptors (Lipinski definition) is 8. The smallest absolute Gasteiger partial charge is 0.343 e. The predicted molar refractivity (Wildman–Crippen MR) is 144 cm³/mol. The number of benzene rings is 3. The number of ether oxygens (including phenoxy) is 2. The van der Waals surface area contributed by atoms with E-state index >= 15 is 0 Å². The molecule has 0 unspecified atom stereocenters. The monoisotopic (exact) mass is 572 g/mol. The van der Waals surface area contributed by atoms with Gasteiger partial charge in [-0.05, 0) is 66.2 Å². The Morgan fingerprint density at radius 2 is 1.84 bits per heavy atom. The number of esters is 1. The maximum atomic E-state index is 12.9. The van der Waals surface area contributed by atoms with Gasteiger partial charge in [-0.25, -0.2) is 4.79 Å². The third-order valence-electron chi connectivity index (χ3n) is 5.26. The lowest BCUT2D eigenvalue weighted by Gasteiger charge is -2.13. The van der Waals surface area contributed by atoms with Gasteiger partial charge < -0.3 is 9.47 Å². The second kappa shape index (κ2) is 11.7. The van der Waals surface area contributed by atoms with Crippen LogP contribution in [0.3, 0.4) is 0 Å². The zero-order valence-electron chi connectivity index (χ0n) is 19.7. The average molecular weight is 573 g/mol. The largest absolute Gasteiger partial charge is 0.490 e. The molecular formula is C26H18Cl2N2O7S. The van der Waals surface area contributed by atoms with Gasteiger partial charge in [0.05, 0.1) is 38.6 Å². The van der Waals surface area contributed by atoms with Gasteiger partial charge in [0.15, 0.2) is 11.5 Å². The molecule has 1 aliphatic heterocycles. The van der Waals surface area contributed by atoms with E-state index in [9.17, 15) is 24.5 Å². The van der Waals surface area contributed by atoms with Gasteiger partial charge in [0.1, 0.15) is 0 Å². The summed E-state index contributed by atoms with van der Waals surface area (Å²) in [7, 11) is 0. The lowest BCUT2D eigenvalue weighted by Crippen LogP contribution is -2.27. The Balaban J connectivity index is 1.54. The maximum absolute atomic E-state index is 12.9. The number of halogens is 2. The van der Waals surface area contributed by atoms with Crippen LogP contribution in [0.5, 0.6) is 11.5 Å². The summed E-state index contributed by atoms with van der Waals surface area (Å²) in [6.45, 7) is 2.04. The summed E-state index contributed by atoms with van der Waals surface area (Å²) in [6, 6.07) is 14.7. The van der Waals surface area contributed by atoms with Crippen molar-refractivity contribution in [1.82, 2.24) is 4.90 Å². The van der Waals surface area contributed by atoms with E-state index in [1.165, 1.54) is 30.3 Å². The normalized spacial score (nSPS) is 14.2. The Hall–Kier alpha value is -3.86. The molecule has 3 aromatic rings. The van der Waals surface area contributed by atoms with Crippen LogP contribution in [0, 0.1) is 10.1 Å². The van der Waals surface area contributed by atoms with E-state index in [4.69, 9.17) is 32.7 Å². The average Bonchev–Trinajstić information content (AvgIpc) is 3.15. The van der Waals surface area contributed by atoms with Gasteiger partial charge in [-0.2, -0.15) is 0 Å². The Labute approximate surface area is 231 Å². The van der Waals surface area contributed by atoms with Gasteiger partial charge in [-0.3, -0.25) is 24.6 Å². The summed E-state index contributed by atoms with van der Waals surface area (Å²) >= 11 is 12.8. The number of nitrogens with zero attached hydrogens (tertiary/aromatic N) is 2. The van der Waals surface area contributed by atoms with Gasteiger partial charge in [0, 0.05) is 12.1 Å². The molecule has 194 valence electrons. The SMILES string of the molecule is CCOc1cc(/C=C2\SC(=O)N(Cc3ccc(Cl)c(Cl)c3)C2=O)ccc1OC(=O)c1cccc([N+](=O)[O-])c1. The highest BCUT2D eigenvalue weighted by Gasteiger charge is 2.35. The first-order valence-corrected chi connectivity index (χ1v) is 12.7. The molecule has 0 saturated carbocycles. The van der Waals surface area contributed by atoms with Crippen LogP contribution in [0.2, 0.25) is 10.0 Å². The van der Waals surface area contributed by atoms with E-state index in [1.807, 2.05) is 0 Å². The summed E-state index contributed by atoms with van der Waals surface area (Å²) in [6.07, 6.45) is 1.54. The van der Waals surface area contributed by atoms with E-state index in [0.29, 0.717) is 21.2 Å². The van der Waals surface area contributed by atoms with Gasteiger partial charge in [-0.15, -0.1) is 0 Å². The second-order valence-electron chi connectivity index (χ2n) is 7.85. The van der Waals surface area contributed by atoms with Crippen molar-refractivity contribution >= 4 is 63.8 Å². The Bertz CT molecular complexity index is 1490. The lowest BCUT2D eigenvalue weighted by atomic mass is 10.1. The molecule has 9 nitrogen and oxygen atoms in total. The van der Waals surface area contributed by atoms with Crippen LogP contribution in [0.4, 0.5) is 10.5 Å². The number of hydrogen-bond donors (Lipinski definition) is 0. The van der Waals surface area contributed by atoms with E-state index in [2.05, 4.69) is 0 Å². The van der Waals surface area contributed by atoms with Crippen molar-refractivity contribution in [2.45, 2.75) is 13.5 Å². The first-order valence-electron chi connectivity index (χ1n) is 11.1. The van der Waals surface area contributed by atoms with Crippen molar-refractivity contribution in [3.05, 3.63) is 102 Å². The third-order valence-corrected chi connectivity index (χ3v) is 6.91. The minimum Gasteiger partial charge on any atom is -0.490 e. The highest BCUT2D eigenvalue weighted by Crippen LogP contribution is 2.36. The van der Waals surface area contributed by atoms with Crippen LogP contribution in [0.25, 0.3) is 6.08 Å². The van der Waals surface area contributed by atoms with E-state index < -0.39 is 22.0 Å². The number of imide groups is 1. The topological polar surface area (TPSA) is 116 Å². The van der Waals surface area contributed by atoms with Gasteiger partial charge in [-0.1, -0.05) is 41.4 Å². The van der Waals surface area contributed by atoms with Crippen LogP contribution in [0.1, 0.15) is 28.4 Å². The summed E-state index contributed by atoms with van der Waals surface area (Å²) < 4.78 is 11.0. The van der Waals surface area contributed by atoms with E-state index in [1.54, 1.807) is 37.3 Å². The van der Waals surface area contributed by atoms with Crippen LogP contribution in [-0.4, -0.2) is 33.5 Å². The quantitative estimate of drug-likeness (QED) is 0.0955. The van der Waals surface area contributed by atoms with Gasteiger partial charge >= 0.3 is 5.97 Å². The van der Waals surface area contributed by atoms with Crippen molar-refractivity contribution in [3.8, 4) is 11.5 Å². The number of non-ortho nitro benzene ring substituents is 1.